The minimum absolute atomic E-state index is 0.160. The summed E-state index contributed by atoms with van der Waals surface area (Å²) in [4.78, 5) is 12.3. The third-order valence-corrected chi connectivity index (χ3v) is 6.13. The summed E-state index contributed by atoms with van der Waals surface area (Å²) < 4.78 is 28.9. The van der Waals surface area contributed by atoms with Crippen molar-refractivity contribution in [2.75, 3.05) is 5.75 Å². The maximum atomic E-state index is 12.2. The van der Waals surface area contributed by atoms with Crippen LogP contribution in [0, 0.1) is 0 Å². The van der Waals surface area contributed by atoms with Gasteiger partial charge in [0.1, 0.15) is 6.33 Å². The third kappa shape index (κ3) is 6.33. The van der Waals surface area contributed by atoms with Crippen molar-refractivity contribution in [1.82, 2.24) is 24.8 Å². The fraction of sp³-hybridized carbons (Fsp3) is 0.471. The largest absolute Gasteiger partial charge is 0.351 e. The molecule has 27 heavy (non-hydrogen) atoms. The molecule has 0 aliphatic carbocycles. The molecule has 1 aromatic carbocycles. The molecule has 0 aliphatic rings. The van der Waals surface area contributed by atoms with Crippen LogP contribution < -0.4 is 10.0 Å². The van der Waals surface area contributed by atoms with E-state index in [1.807, 2.05) is 18.4 Å². The number of nitrogens with zero attached hydrogens (tertiary/aromatic N) is 3. The lowest BCUT2D eigenvalue weighted by molar-refractivity contribution is -0.118. The molecule has 2 N–H and O–H groups in total. The lowest BCUT2D eigenvalue weighted by atomic mass is 10.2. The molecule has 0 fully saturated rings. The van der Waals surface area contributed by atoms with Gasteiger partial charge in [-0.3, -0.25) is 4.79 Å². The Morgan fingerprint density at radius 1 is 1.26 bits per heavy atom. The molecule has 1 heterocycles. The van der Waals surface area contributed by atoms with Gasteiger partial charge in [0.15, 0.2) is 5.16 Å². The van der Waals surface area contributed by atoms with Gasteiger partial charge in [-0.1, -0.05) is 23.9 Å². The third-order valence-electron chi connectivity index (χ3n) is 3.52. The van der Waals surface area contributed by atoms with Gasteiger partial charge in [-0.15, -0.1) is 10.2 Å². The van der Waals surface area contributed by atoms with Crippen LogP contribution in [-0.4, -0.2) is 40.9 Å². The average molecular weight is 412 g/mol. The van der Waals surface area contributed by atoms with Crippen molar-refractivity contribution < 1.29 is 13.2 Å². The van der Waals surface area contributed by atoms with Crippen molar-refractivity contribution in [3.8, 4) is 0 Å². The lowest BCUT2D eigenvalue weighted by Crippen LogP contribution is -2.30. The first kappa shape index (κ1) is 21.4. The summed E-state index contributed by atoms with van der Waals surface area (Å²) in [6.07, 6.45) is 1.64. The monoisotopic (exact) mass is 411 g/mol. The highest BCUT2D eigenvalue weighted by Gasteiger charge is 2.16. The lowest BCUT2D eigenvalue weighted by Gasteiger charge is -2.11. The molecule has 148 valence electrons. The first-order valence-corrected chi connectivity index (χ1v) is 11.1. The van der Waals surface area contributed by atoms with E-state index in [4.69, 9.17) is 0 Å². The number of carbonyl (C=O) groups excluding carboxylic acids is 1. The minimum atomic E-state index is -3.56. The molecule has 1 aromatic heterocycles. The fourth-order valence-corrected chi connectivity index (χ4v) is 4.47. The summed E-state index contributed by atoms with van der Waals surface area (Å²) in [7, 11) is -3.56. The Labute approximate surface area is 164 Å². The Hall–Kier alpha value is -1.91. The fourth-order valence-electron chi connectivity index (χ4n) is 2.27. The minimum Gasteiger partial charge on any atom is -0.351 e. The highest BCUT2D eigenvalue weighted by molar-refractivity contribution is 7.99. The van der Waals surface area contributed by atoms with E-state index < -0.39 is 10.0 Å². The average Bonchev–Trinajstić information content (AvgIpc) is 3.06. The first-order valence-electron chi connectivity index (χ1n) is 8.59. The van der Waals surface area contributed by atoms with Crippen molar-refractivity contribution in [1.29, 1.82) is 0 Å². The summed E-state index contributed by atoms with van der Waals surface area (Å²) in [5.41, 5.74) is 0.713. The van der Waals surface area contributed by atoms with Crippen LogP contribution in [0.5, 0.6) is 0 Å². The van der Waals surface area contributed by atoms with Crippen molar-refractivity contribution in [3.63, 3.8) is 0 Å². The Morgan fingerprint density at radius 3 is 2.67 bits per heavy atom. The van der Waals surface area contributed by atoms with Gasteiger partial charge in [-0.25, -0.2) is 13.1 Å². The summed E-state index contributed by atoms with van der Waals surface area (Å²) in [5.74, 6) is 0.0464. The Kier molecular flexibility index (Phi) is 7.40. The topological polar surface area (TPSA) is 106 Å². The van der Waals surface area contributed by atoms with Crippen molar-refractivity contribution >= 4 is 27.7 Å². The number of amides is 1. The number of thioether (sulfide) groups is 1. The molecule has 0 saturated heterocycles. The summed E-state index contributed by atoms with van der Waals surface area (Å²) >= 11 is 1.31. The Bertz CT molecular complexity index is 878. The van der Waals surface area contributed by atoms with Gasteiger partial charge >= 0.3 is 0 Å². The van der Waals surface area contributed by atoms with Crippen LogP contribution in [0.2, 0.25) is 0 Å². The van der Waals surface area contributed by atoms with Crippen LogP contribution in [0.25, 0.3) is 0 Å². The number of carbonyl (C=O) groups is 1. The zero-order valence-electron chi connectivity index (χ0n) is 15.8. The quantitative estimate of drug-likeness (QED) is 0.611. The van der Waals surface area contributed by atoms with Crippen LogP contribution in [0.3, 0.4) is 0 Å². The number of sulfonamides is 1. The molecule has 0 aliphatic heterocycles. The Morgan fingerprint density at radius 2 is 2.00 bits per heavy atom. The normalized spacial score (nSPS) is 11.9. The smallest absolute Gasteiger partial charge is 0.240 e. The van der Waals surface area contributed by atoms with E-state index >= 15 is 0 Å². The molecule has 0 atom stereocenters. The highest BCUT2D eigenvalue weighted by atomic mass is 32.2. The van der Waals surface area contributed by atoms with E-state index in [0.717, 1.165) is 0 Å². The maximum Gasteiger partial charge on any atom is 0.240 e. The summed E-state index contributed by atoms with van der Waals surface area (Å²) in [6.45, 7) is 7.81. The van der Waals surface area contributed by atoms with Crippen LogP contribution in [0.15, 0.2) is 40.6 Å². The van der Waals surface area contributed by atoms with Crippen molar-refractivity contribution in [3.05, 3.63) is 36.2 Å². The molecule has 2 aromatic rings. The van der Waals surface area contributed by atoms with Crippen LogP contribution in [0.1, 0.15) is 39.3 Å². The second-order valence-corrected chi connectivity index (χ2v) is 9.26. The number of benzene rings is 1. The number of nitrogens with one attached hydrogen (secondary N) is 2. The predicted octanol–water partition coefficient (Wildman–Crippen LogP) is 1.95. The highest BCUT2D eigenvalue weighted by Crippen LogP contribution is 2.18. The number of hydrogen-bond acceptors (Lipinski definition) is 6. The van der Waals surface area contributed by atoms with Gasteiger partial charge in [0.2, 0.25) is 15.9 Å². The molecule has 2 rings (SSSR count). The van der Waals surface area contributed by atoms with Gasteiger partial charge in [-0.2, -0.15) is 0 Å². The SMILES string of the molecule is CC(C)NS(=O)(=O)c1cccc(CNC(=O)CSc2nncn2C(C)C)c1. The van der Waals surface area contributed by atoms with Crippen LogP contribution >= 0.6 is 11.8 Å². The molecular formula is C17H25N5O3S2. The molecule has 0 radical (unpaired) electrons. The second kappa shape index (κ2) is 9.34. The van der Waals surface area contributed by atoms with E-state index in [0.29, 0.717) is 10.7 Å². The van der Waals surface area contributed by atoms with E-state index in [-0.39, 0.29) is 35.2 Å². The van der Waals surface area contributed by atoms with E-state index in [1.165, 1.54) is 17.8 Å². The molecule has 0 spiro atoms. The van der Waals surface area contributed by atoms with E-state index in [1.54, 1.807) is 38.4 Å². The summed E-state index contributed by atoms with van der Waals surface area (Å²) in [6, 6.07) is 6.56. The molecule has 8 nitrogen and oxygen atoms in total. The number of hydrogen-bond donors (Lipinski definition) is 2. The van der Waals surface area contributed by atoms with Crippen molar-refractivity contribution in [2.45, 2.75) is 56.4 Å². The van der Waals surface area contributed by atoms with E-state index in [2.05, 4.69) is 20.2 Å². The van der Waals surface area contributed by atoms with Crippen LogP contribution in [0.4, 0.5) is 0 Å². The van der Waals surface area contributed by atoms with Crippen molar-refractivity contribution in [2.24, 2.45) is 0 Å². The molecular weight excluding hydrogens is 386 g/mol. The zero-order chi connectivity index (χ0) is 20.0. The standard InChI is InChI=1S/C17H25N5O3S2/c1-12(2)21-27(24,25)15-7-5-6-14(8-15)9-18-16(23)10-26-17-20-19-11-22(17)13(3)4/h5-8,11-13,21H,9-10H2,1-4H3,(H,18,23). The van der Waals surface area contributed by atoms with E-state index in [9.17, 15) is 13.2 Å². The first-order chi connectivity index (χ1) is 12.7. The maximum absolute atomic E-state index is 12.2. The zero-order valence-corrected chi connectivity index (χ0v) is 17.5. The molecule has 0 saturated carbocycles. The second-order valence-electron chi connectivity index (χ2n) is 6.60. The molecule has 0 bridgehead atoms. The summed E-state index contributed by atoms with van der Waals surface area (Å²) in [5, 5.41) is 11.4. The van der Waals surface area contributed by atoms with Gasteiger partial charge in [-0.05, 0) is 45.4 Å². The van der Waals surface area contributed by atoms with Gasteiger partial charge in [0, 0.05) is 18.6 Å². The van der Waals surface area contributed by atoms with Crippen LogP contribution in [-0.2, 0) is 21.4 Å². The number of aromatic nitrogens is 3. The van der Waals surface area contributed by atoms with Gasteiger partial charge in [0.05, 0.1) is 10.6 Å². The van der Waals surface area contributed by atoms with Gasteiger partial charge < -0.3 is 9.88 Å². The number of rotatable bonds is 9. The molecule has 1 amide bonds. The molecule has 0 unspecified atom stereocenters. The molecule has 10 heteroatoms. The Balaban J connectivity index is 1.92. The van der Waals surface area contributed by atoms with Gasteiger partial charge in [0.25, 0.3) is 0 Å². The predicted molar refractivity (Wildman–Crippen MR) is 105 cm³/mol.